The summed E-state index contributed by atoms with van der Waals surface area (Å²) in [4.78, 5) is 6.05. The van der Waals surface area contributed by atoms with Crippen LogP contribution in [0.4, 0.5) is 5.95 Å². The maximum absolute atomic E-state index is 13.3. The minimum absolute atomic E-state index is 0.0841. The SMILES string of the molecule is Nc1nc2c(-c3ccc(S(=O)(=O)NC4CCNC4)c(S(N)(=O)=O)c3-c3nnn[nH]3)cccc2[nH]1. The predicted octanol–water partition coefficient (Wildman–Crippen LogP) is -0.720. The molecule has 0 aliphatic carbocycles. The van der Waals surface area contributed by atoms with Gasteiger partial charge in [-0.05, 0) is 41.1 Å². The number of hydrogen-bond donors (Lipinski definition) is 6. The fourth-order valence-electron chi connectivity index (χ4n) is 4.09. The number of aromatic nitrogens is 6. The number of nitrogen functional groups attached to an aromatic ring is 1. The Labute approximate surface area is 193 Å². The molecule has 0 bridgehead atoms. The number of hydrogen-bond acceptors (Lipinski definition) is 10. The fourth-order valence-corrected chi connectivity index (χ4v) is 6.97. The number of nitrogens with one attached hydrogen (secondary N) is 4. The molecule has 1 aliphatic heterocycles. The van der Waals surface area contributed by atoms with Crippen molar-refractivity contribution in [2.45, 2.75) is 22.3 Å². The molecule has 0 amide bonds. The van der Waals surface area contributed by atoms with Crippen molar-refractivity contribution < 1.29 is 16.8 Å². The monoisotopic (exact) mass is 504 g/mol. The minimum atomic E-state index is -4.59. The third-order valence-corrected chi connectivity index (χ3v) is 8.17. The van der Waals surface area contributed by atoms with Gasteiger partial charge in [0.05, 0.1) is 16.6 Å². The Bertz CT molecular complexity index is 1590. The fraction of sp³-hybridized carbons (Fsp3) is 0.222. The number of nitrogens with two attached hydrogens (primary N) is 2. The normalized spacial score (nSPS) is 16.9. The molecule has 1 atom stereocenters. The van der Waals surface area contributed by atoms with E-state index in [0.717, 1.165) is 0 Å². The molecule has 16 heteroatoms. The number of primary sulfonamides is 1. The Morgan fingerprint density at radius 2 is 1.91 bits per heavy atom. The lowest BCUT2D eigenvalue weighted by molar-refractivity contribution is 0.555. The number of imidazole rings is 1. The van der Waals surface area contributed by atoms with Gasteiger partial charge in [-0.15, -0.1) is 5.10 Å². The van der Waals surface area contributed by atoms with Crippen LogP contribution in [-0.2, 0) is 20.0 Å². The van der Waals surface area contributed by atoms with Gasteiger partial charge in [0.2, 0.25) is 20.0 Å². The van der Waals surface area contributed by atoms with E-state index in [9.17, 15) is 16.8 Å². The van der Waals surface area contributed by atoms with Gasteiger partial charge in [-0.3, -0.25) is 0 Å². The van der Waals surface area contributed by atoms with Crippen molar-refractivity contribution in [3.63, 3.8) is 0 Å². The molecule has 3 heterocycles. The summed E-state index contributed by atoms with van der Waals surface area (Å²) in [5, 5.41) is 22.0. The molecule has 1 saturated heterocycles. The van der Waals surface area contributed by atoms with Crippen LogP contribution >= 0.6 is 0 Å². The predicted molar refractivity (Wildman–Crippen MR) is 122 cm³/mol. The summed E-state index contributed by atoms with van der Waals surface area (Å²) in [5.41, 5.74) is 7.52. The molecule has 0 radical (unpaired) electrons. The summed E-state index contributed by atoms with van der Waals surface area (Å²) < 4.78 is 54.8. The first-order chi connectivity index (χ1) is 16.1. The van der Waals surface area contributed by atoms with E-state index < -0.39 is 35.9 Å². The first-order valence-electron chi connectivity index (χ1n) is 10.1. The molecule has 2 aromatic carbocycles. The van der Waals surface area contributed by atoms with Crippen LogP contribution in [0.3, 0.4) is 0 Å². The summed E-state index contributed by atoms with van der Waals surface area (Å²) >= 11 is 0. The molecule has 178 valence electrons. The number of tetrazole rings is 1. The molecule has 5 rings (SSSR count). The zero-order chi connectivity index (χ0) is 24.1. The third-order valence-electron chi connectivity index (χ3n) is 5.48. The lowest BCUT2D eigenvalue weighted by Crippen LogP contribution is -2.37. The van der Waals surface area contributed by atoms with Crippen LogP contribution in [0.5, 0.6) is 0 Å². The number of aromatic amines is 2. The van der Waals surface area contributed by atoms with Gasteiger partial charge in [0.1, 0.15) is 9.79 Å². The second kappa shape index (κ2) is 8.10. The number of rotatable bonds is 6. The number of anilines is 1. The molecule has 2 aromatic heterocycles. The van der Waals surface area contributed by atoms with Crippen LogP contribution in [0.2, 0.25) is 0 Å². The zero-order valence-electron chi connectivity index (χ0n) is 17.5. The minimum Gasteiger partial charge on any atom is -0.369 e. The Morgan fingerprint density at radius 3 is 2.59 bits per heavy atom. The second-order valence-electron chi connectivity index (χ2n) is 7.75. The van der Waals surface area contributed by atoms with E-state index in [1.54, 1.807) is 18.2 Å². The molecule has 14 nitrogen and oxygen atoms in total. The van der Waals surface area contributed by atoms with Gasteiger partial charge in [0.15, 0.2) is 11.8 Å². The molecule has 4 aromatic rings. The van der Waals surface area contributed by atoms with E-state index in [1.807, 2.05) is 0 Å². The Morgan fingerprint density at radius 1 is 1.09 bits per heavy atom. The molecule has 1 unspecified atom stereocenters. The quantitative estimate of drug-likeness (QED) is 0.193. The highest BCUT2D eigenvalue weighted by Gasteiger charge is 2.33. The van der Waals surface area contributed by atoms with E-state index in [4.69, 9.17) is 10.9 Å². The third kappa shape index (κ3) is 3.90. The smallest absolute Gasteiger partial charge is 0.242 e. The van der Waals surface area contributed by atoms with Crippen molar-refractivity contribution in [3.05, 3.63) is 30.3 Å². The number of benzene rings is 2. The van der Waals surface area contributed by atoms with Crippen molar-refractivity contribution in [1.82, 2.24) is 40.6 Å². The van der Waals surface area contributed by atoms with E-state index in [-0.39, 0.29) is 17.3 Å². The molecule has 0 saturated carbocycles. The van der Waals surface area contributed by atoms with Crippen LogP contribution in [-0.4, -0.2) is 66.6 Å². The van der Waals surface area contributed by atoms with E-state index in [0.29, 0.717) is 41.7 Å². The Balaban J connectivity index is 1.83. The average molecular weight is 505 g/mol. The number of sulfonamides is 2. The van der Waals surface area contributed by atoms with Gasteiger partial charge in [0, 0.05) is 18.2 Å². The molecule has 34 heavy (non-hydrogen) atoms. The second-order valence-corrected chi connectivity index (χ2v) is 10.9. The van der Waals surface area contributed by atoms with Crippen LogP contribution in [0.25, 0.3) is 33.5 Å². The van der Waals surface area contributed by atoms with Crippen LogP contribution in [0.1, 0.15) is 6.42 Å². The topological polar surface area (TPSA) is 228 Å². The molecule has 1 aliphatic rings. The number of fused-ring (bicyclic) bond motifs is 1. The number of H-pyrrole nitrogens is 2. The highest BCUT2D eigenvalue weighted by molar-refractivity contribution is 7.92. The van der Waals surface area contributed by atoms with Gasteiger partial charge < -0.3 is 16.0 Å². The summed E-state index contributed by atoms with van der Waals surface area (Å²) in [6.07, 6.45) is 0.559. The lowest BCUT2D eigenvalue weighted by atomic mass is 9.98. The first-order valence-corrected chi connectivity index (χ1v) is 13.1. The van der Waals surface area contributed by atoms with Crippen molar-refractivity contribution in [2.24, 2.45) is 5.14 Å². The summed E-state index contributed by atoms with van der Waals surface area (Å²) in [7, 11) is -8.87. The molecule has 8 N–H and O–H groups in total. The van der Waals surface area contributed by atoms with Crippen molar-refractivity contribution >= 4 is 37.0 Å². The Kier molecular flexibility index (Phi) is 5.33. The van der Waals surface area contributed by atoms with E-state index in [2.05, 4.69) is 40.6 Å². The van der Waals surface area contributed by atoms with Crippen LogP contribution < -0.4 is 20.9 Å². The largest absolute Gasteiger partial charge is 0.369 e. The van der Waals surface area contributed by atoms with E-state index in [1.165, 1.54) is 12.1 Å². The summed E-state index contributed by atoms with van der Waals surface area (Å²) in [6, 6.07) is 7.42. The van der Waals surface area contributed by atoms with Gasteiger partial charge >= 0.3 is 0 Å². The van der Waals surface area contributed by atoms with Crippen LogP contribution in [0.15, 0.2) is 40.1 Å². The molecular weight excluding hydrogens is 484 g/mol. The molecule has 0 spiro atoms. The standard InChI is InChI=1S/C18H20N10O4S2/c19-18-22-12-3-1-2-11(15(12)23-18)10-4-5-13(34(31,32)26-9-6-7-21-8-9)16(33(20,29)30)14(10)17-24-27-28-25-17/h1-5,9,21,26H,6-8H2,(H3,19,22,23)(H2,20,29,30)(H,24,25,27,28). The maximum atomic E-state index is 13.3. The van der Waals surface area contributed by atoms with Gasteiger partial charge in [0.25, 0.3) is 0 Å². The summed E-state index contributed by atoms with van der Waals surface area (Å²) in [5.74, 6) is 0.0738. The zero-order valence-corrected chi connectivity index (χ0v) is 19.1. The summed E-state index contributed by atoms with van der Waals surface area (Å²) in [6.45, 7) is 1.06. The molecular formula is C18H20N10O4S2. The average Bonchev–Trinajstić information content (AvgIpc) is 3.53. The number of nitrogens with zero attached hydrogens (tertiary/aromatic N) is 4. The molecule has 1 fully saturated rings. The first kappa shape index (κ1) is 22.4. The van der Waals surface area contributed by atoms with Crippen molar-refractivity contribution in [2.75, 3.05) is 18.8 Å². The Hall–Kier alpha value is -3.44. The highest BCUT2D eigenvalue weighted by Crippen LogP contribution is 2.40. The van der Waals surface area contributed by atoms with E-state index >= 15 is 0 Å². The van der Waals surface area contributed by atoms with Gasteiger partial charge in [-0.2, -0.15) is 0 Å². The van der Waals surface area contributed by atoms with Crippen molar-refractivity contribution in [3.8, 4) is 22.5 Å². The van der Waals surface area contributed by atoms with Gasteiger partial charge in [-0.1, -0.05) is 18.2 Å². The lowest BCUT2D eigenvalue weighted by Gasteiger charge is -2.18. The van der Waals surface area contributed by atoms with Crippen LogP contribution in [0, 0.1) is 0 Å². The maximum Gasteiger partial charge on any atom is 0.242 e. The highest BCUT2D eigenvalue weighted by atomic mass is 32.2. The van der Waals surface area contributed by atoms with Crippen molar-refractivity contribution in [1.29, 1.82) is 0 Å². The number of para-hydroxylation sites is 1. The van der Waals surface area contributed by atoms with Gasteiger partial charge in [-0.25, -0.2) is 36.8 Å².